The van der Waals surface area contributed by atoms with E-state index in [0.717, 1.165) is 5.56 Å². The largest absolute Gasteiger partial charge is 0.475 e. The van der Waals surface area contributed by atoms with Crippen LogP contribution < -0.4 is 10.1 Å². The molecule has 1 unspecified atom stereocenters. The fourth-order valence-corrected chi connectivity index (χ4v) is 1.88. The number of aromatic nitrogens is 2. The first-order chi connectivity index (χ1) is 10.0. The van der Waals surface area contributed by atoms with E-state index < -0.39 is 16.5 Å². The highest BCUT2D eigenvalue weighted by Gasteiger charge is 2.30. The molecule has 0 saturated heterocycles. The molecule has 0 radical (unpaired) electrons. The van der Waals surface area contributed by atoms with Crippen LogP contribution in [-0.2, 0) is 0 Å². The van der Waals surface area contributed by atoms with Crippen LogP contribution in [0.5, 0.6) is 5.88 Å². The highest BCUT2D eigenvalue weighted by molar-refractivity contribution is 5.97. The van der Waals surface area contributed by atoms with Gasteiger partial charge >= 0.3 is 11.6 Å². The second kappa shape index (κ2) is 6.04. The zero-order valence-corrected chi connectivity index (χ0v) is 11.5. The number of hydrogen-bond donors (Lipinski definition) is 2. The van der Waals surface area contributed by atoms with E-state index in [2.05, 4.69) is 15.5 Å². The third-order valence-corrected chi connectivity index (χ3v) is 2.96. The summed E-state index contributed by atoms with van der Waals surface area (Å²) in [6.07, 6.45) is 0. The van der Waals surface area contributed by atoms with Gasteiger partial charge in [0.1, 0.15) is 0 Å². The summed E-state index contributed by atoms with van der Waals surface area (Å²) < 4.78 is 4.76. The first-order valence-electron chi connectivity index (χ1n) is 6.17. The van der Waals surface area contributed by atoms with Crippen molar-refractivity contribution in [2.24, 2.45) is 0 Å². The highest BCUT2D eigenvalue weighted by atomic mass is 16.6. The lowest BCUT2D eigenvalue weighted by molar-refractivity contribution is -0.386. The third-order valence-electron chi connectivity index (χ3n) is 2.96. The van der Waals surface area contributed by atoms with Crippen LogP contribution in [0.3, 0.4) is 0 Å². The maximum absolute atomic E-state index is 12.1. The summed E-state index contributed by atoms with van der Waals surface area (Å²) in [5, 5.41) is 19.6. The maximum Gasteiger partial charge on any atom is 0.362 e. The number of hydrogen-bond acceptors (Lipinski definition) is 5. The number of benzene rings is 1. The molecular weight excluding hydrogens is 276 g/mol. The number of carbonyl (C=O) groups excluding carboxylic acids is 1. The fourth-order valence-electron chi connectivity index (χ4n) is 1.88. The zero-order chi connectivity index (χ0) is 15.4. The Labute approximate surface area is 120 Å². The van der Waals surface area contributed by atoms with Crippen LogP contribution in [0, 0.1) is 10.1 Å². The Bertz CT molecular complexity index is 653. The Morgan fingerprint density at radius 2 is 2.10 bits per heavy atom. The fraction of sp³-hybridized carbons (Fsp3) is 0.231. The number of nitrogens with zero attached hydrogens (tertiary/aromatic N) is 2. The van der Waals surface area contributed by atoms with E-state index in [0.29, 0.717) is 0 Å². The predicted molar refractivity (Wildman–Crippen MR) is 74.1 cm³/mol. The molecule has 2 aromatic rings. The molecule has 8 nitrogen and oxygen atoms in total. The Morgan fingerprint density at radius 1 is 1.43 bits per heavy atom. The number of H-pyrrole nitrogens is 1. The quantitative estimate of drug-likeness (QED) is 0.644. The lowest BCUT2D eigenvalue weighted by Gasteiger charge is -2.13. The van der Waals surface area contributed by atoms with Gasteiger partial charge in [0, 0.05) is 0 Å². The number of nitro groups is 1. The average molecular weight is 290 g/mol. The molecule has 0 fully saturated rings. The van der Waals surface area contributed by atoms with Crippen LogP contribution in [0.2, 0.25) is 0 Å². The molecule has 2 rings (SSSR count). The number of amides is 1. The van der Waals surface area contributed by atoms with Gasteiger partial charge < -0.3 is 10.1 Å². The predicted octanol–water partition coefficient (Wildman–Crippen LogP) is 1.82. The monoisotopic (exact) mass is 290 g/mol. The van der Waals surface area contributed by atoms with Gasteiger partial charge in [0.05, 0.1) is 18.1 Å². The lowest BCUT2D eigenvalue weighted by atomic mass is 10.1. The first kappa shape index (κ1) is 14.5. The molecule has 110 valence electrons. The Kier molecular flexibility index (Phi) is 4.17. The second-order valence-electron chi connectivity index (χ2n) is 4.32. The van der Waals surface area contributed by atoms with Gasteiger partial charge in [0.15, 0.2) is 0 Å². The number of ether oxygens (including phenoxy) is 1. The topological polar surface area (TPSA) is 110 Å². The van der Waals surface area contributed by atoms with Crippen LogP contribution in [0.15, 0.2) is 30.3 Å². The van der Waals surface area contributed by atoms with Gasteiger partial charge in [0.25, 0.3) is 5.91 Å². The smallest absolute Gasteiger partial charge is 0.362 e. The first-order valence-corrected chi connectivity index (χ1v) is 6.17. The third kappa shape index (κ3) is 2.99. The van der Waals surface area contributed by atoms with Gasteiger partial charge in [-0.15, -0.1) is 5.10 Å². The molecule has 0 bridgehead atoms. The Balaban J connectivity index is 2.21. The minimum Gasteiger partial charge on any atom is -0.475 e. The molecule has 0 aliphatic carbocycles. The van der Waals surface area contributed by atoms with E-state index in [1.54, 1.807) is 6.92 Å². The average Bonchev–Trinajstić information content (AvgIpc) is 2.92. The van der Waals surface area contributed by atoms with Crippen LogP contribution in [-0.4, -0.2) is 28.1 Å². The van der Waals surface area contributed by atoms with E-state index in [9.17, 15) is 14.9 Å². The Hall–Kier alpha value is -2.90. The molecule has 2 N–H and O–H groups in total. The van der Waals surface area contributed by atoms with Crippen LogP contribution >= 0.6 is 0 Å². The van der Waals surface area contributed by atoms with Crippen molar-refractivity contribution >= 4 is 11.6 Å². The van der Waals surface area contributed by atoms with E-state index in [1.165, 1.54) is 7.11 Å². The number of nitrogens with one attached hydrogen (secondary N) is 2. The molecule has 21 heavy (non-hydrogen) atoms. The van der Waals surface area contributed by atoms with Crippen LogP contribution in [0.1, 0.15) is 29.0 Å². The highest BCUT2D eigenvalue weighted by Crippen LogP contribution is 2.28. The molecular formula is C13H14N4O4. The van der Waals surface area contributed by atoms with Crippen molar-refractivity contribution in [3.05, 3.63) is 51.7 Å². The molecule has 1 aromatic carbocycles. The summed E-state index contributed by atoms with van der Waals surface area (Å²) in [4.78, 5) is 22.4. The van der Waals surface area contributed by atoms with Crippen LogP contribution in [0.4, 0.5) is 5.69 Å². The molecule has 8 heteroatoms. The van der Waals surface area contributed by atoms with Crippen molar-refractivity contribution < 1.29 is 14.5 Å². The van der Waals surface area contributed by atoms with Gasteiger partial charge in [0.2, 0.25) is 5.69 Å². The minimum absolute atomic E-state index is 0.225. The van der Waals surface area contributed by atoms with Crippen molar-refractivity contribution in [1.29, 1.82) is 0 Å². The maximum atomic E-state index is 12.1. The summed E-state index contributed by atoms with van der Waals surface area (Å²) in [6.45, 7) is 1.78. The molecule has 1 aromatic heterocycles. The molecule has 1 heterocycles. The van der Waals surface area contributed by atoms with Gasteiger partial charge in [-0.2, -0.15) is 0 Å². The van der Waals surface area contributed by atoms with Gasteiger partial charge in [-0.3, -0.25) is 20.0 Å². The van der Waals surface area contributed by atoms with E-state index in [-0.39, 0.29) is 17.6 Å². The molecule has 1 amide bonds. The van der Waals surface area contributed by atoms with Gasteiger partial charge in [-0.25, -0.2) is 0 Å². The van der Waals surface area contributed by atoms with Gasteiger partial charge in [-0.05, 0) is 12.5 Å². The van der Waals surface area contributed by atoms with Crippen molar-refractivity contribution in [3.8, 4) is 5.88 Å². The summed E-state index contributed by atoms with van der Waals surface area (Å²) in [5.74, 6) is -0.841. The molecule has 0 aliphatic rings. The standard InChI is InChI=1S/C13H14N4O4/c1-8(9-6-4-3-5-7-9)14-12(18)10-11(17(19)20)13(21-2)16-15-10/h3-8H,1-2H3,(H,14,18)(H,15,16). The summed E-state index contributed by atoms with van der Waals surface area (Å²) in [5.41, 5.74) is 0.176. The van der Waals surface area contributed by atoms with Crippen molar-refractivity contribution in [2.75, 3.05) is 7.11 Å². The van der Waals surface area contributed by atoms with Crippen LogP contribution in [0.25, 0.3) is 0 Å². The minimum atomic E-state index is -0.704. The zero-order valence-electron chi connectivity index (χ0n) is 11.5. The number of carbonyl (C=O) groups is 1. The number of rotatable bonds is 5. The summed E-state index contributed by atoms with van der Waals surface area (Å²) in [7, 11) is 1.25. The molecule has 0 spiro atoms. The van der Waals surface area contributed by atoms with Crippen molar-refractivity contribution in [2.45, 2.75) is 13.0 Å². The normalized spacial score (nSPS) is 11.7. The van der Waals surface area contributed by atoms with E-state index >= 15 is 0 Å². The van der Waals surface area contributed by atoms with Crippen molar-refractivity contribution in [3.63, 3.8) is 0 Å². The van der Waals surface area contributed by atoms with Crippen molar-refractivity contribution in [1.82, 2.24) is 15.5 Å². The van der Waals surface area contributed by atoms with E-state index in [1.807, 2.05) is 30.3 Å². The van der Waals surface area contributed by atoms with Gasteiger partial charge in [-0.1, -0.05) is 30.3 Å². The number of aromatic amines is 1. The second-order valence-corrected chi connectivity index (χ2v) is 4.32. The number of methoxy groups -OCH3 is 1. The SMILES string of the molecule is COc1n[nH]c(C(=O)NC(C)c2ccccc2)c1[N+](=O)[O-]. The molecule has 0 aliphatic heterocycles. The molecule has 1 atom stereocenters. The summed E-state index contributed by atoms with van der Waals surface area (Å²) >= 11 is 0. The summed E-state index contributed by atoms with van der Waals surface area (Å²) in [6, 6.07) is 8.97. The Morgan fingerprint density at radius 3 is 2.67 bits per heavy atom. The lowest BCUT2D eigenvalue weighted by Crippen LogP contribution is -2.27. The molecule has 0 saturated carbocycles. The van der Waals surface area contributed by atoms with E-state index in [4.69, 9.17) is 4.74 Å².